The van der Waals surface area contributed by atoms with Gasteiger partial charge in [0, 0.05) is 0 Å². The summed E-state index contributed by atoms with van der Waals surface area (Å²) < 4.78 is 5.66. The maximum absolute atomic E-state index is 11.0. The largest absolute Gasteiger partial charge is 0.457 e. The molecule has 1 N–H and O–H groups in total. The molecule has 0 unspecified atom stereocenters. The van der Waals surface area contributed by atoms with E-state index in [-0.39, 0.29) is 6.42 Å². The topological polar surface area (TPSA) is 74.5 Å². The SMILES string of the molecule is N#CCC(=O)N/N=C\c1ccc(Oc2ccccc2)cc1. The highest BCUT2D eigenvalue weighted by atomic mass is 16.5. The van der Waals surface area contributed by atoms with Gasteiger partial charge in [-0.1, -0.05) is 18.2 Å². The summed E-state index contributed by atoms with van der Waals surface area (Å²) in [5.74, 6) is 1.05. The summed E-state index contributed by atoms with van der Waals surface area (Å²) in [5.41, 5.74) is 3.08. The van der Waals surface area contributed by atoms with E-state index >= 15 is 0 Å². The van der Waals surface area contributed by atoms with Gasteiger partial charge in [0.2, 0.25) is 0 Å². The summed E-state index contributed by atoms with van der Waals surface area (Å²) in [6.45, 7) is 0. The van der Waals surface area contributed by atoms with Crippen molar-refractivity contribution in [2.75, 3.05) is 0 Å². The van der Waals surface area contributed by atoms with Crippen LogP contribution in [0.25, 0.3) is 0 Å². The van der Waals surface area contributed by atoms with Gasteiger partial charge in [-0.25, -0.2) is 5.43 Å². The number of nitrogens with zero attached hydrogens (tertiary/aromatic N) is 2. The van der Waals surface area contributed by atoms with Crippen molar-refractivity contribution >= 4 is 12.1 Å². The van der Waals surface area contributed by atoms with E-state index in [4.69, 9.17) is 10.00 Å². The first kappa shape index (κ1) is 14.3. The van der Waals surface area contributed by atoms with Crippen molar-refractivity contribution in [2.45, 2.75) is 6.42 Å². The molecule has 5 heteroatoms. The number of carbonyl (C=O) groups excluding carboxylic acids is 1. The first-order valence-corrected chi connectivity index (χ1v) is 6.30. The molecule has 0 atom stereocenters. The molecule has 2 rings (SSSR count). The Balaban J connectivity index is 1.92. The van der Waals surface area contributed by atoms with Crippen LogP contribution in [-0.2, 0) is 4.79 Å². The Morgan fingerprint density at radius 2 is 1.81 bits per heavy atom. The van der Waals surface area contributed by atoms with E-state index in [0.717, 1.165) is 11.3 Å². The van der Waals surface area contributed by atoms with Crippen LogP contribution in [0.4, 0.5) is 0 Å². The molecule has 2 aromatic rings. The molecule has 0 fully saturated rings. The third-order valence-electron chi connectivity index (χ3n) is 2.50. The first-order valence-electron chi connectivity index (χ1n) is 6.30. The van der Waals surface area contributed by atoms with E-state index in [2.05, 4.69) is 10.5 Å². The van der Waals surface area contributed by atoms with Crippen LogP contribution in [0.1, 0.15) is 12.0 Å². The predicted octanol–water partition coefficient (Wildman–Crippen LogP) is 2.84. The van der Waals surface area contributed by atoms with Crippen molar-refractivity contribution in [3.8, 4) is 17.6 Å². The Kier molecular flexibility index (Phi) is 5.07. The highest BCUT2D eigenvalue weighted by Gasteiger charge is 1.97. The molecule has 0 aromatic heterocycles. The van der Waals surface area contributed by atoms with Crippen LogP contribution in [0.15, 0.2) is 59.7 Å². The van der Waals surface area contributed by atoms with Gasteiger partial charge < -0.3 is 4.74 Å². The van der Waals surface area contributed by atoms with Crippen LogP contribution in [0.5, 0.6) is 11.5 Å². The monoisotopic (exact) mass is 279 g/mol. The van der Waals surface area contributed by atoms with Crippen LogP contribution in [0, 0.1) is 11.3 Å². The maximum Gasteiger partial charge on any atom is 0.254 e. The van der Waals surface area contributed by atoms with Gasteiger partial charge in [-0.15, -0.1) is 0 Å². The number of rotatable bonds is 5. The maximum atomic E-state index is 11.0. The zero-order valence-corrected chi connectivity index (χ0v) is 11.2. The van der Waals surface area contributed by atoms with Crippen molar-refractivity contribution in [1.82, 2.24) is 5.43 Å². The Bertz CT molecular complexity index is 658. The van der Waals surface area contributed by atoms with Crippen molar-refractivity contribution in [3.63, 3.8) is 0 Å². The Hall–Kier alpha value is -3.13. The molecule has 0 saturated carbocycles. The second-order valence-corrected chi connectivity index (χ2v) is 4.11. The standard InChI is InChI=1S/C16H13N3O2/c17-11-10-16(20)19-18-12-13-6-8-15(9-7-13)21-14-4-2-1-3-5-14/h1-9,12H,10H2,(H,19,20)/b18-12-. The summed E-state index contributed by atoms with van der Waals surface area (Å²) in [7, 11) is 0. The fraction of sp³-hybridized carbons (Fsp3) is 0.0625. The third-order valence-corrected chi connectivity index (χ3v) is 2.50. The number of hydrogen-bond donors (Lipinski definition) is 1. The lowest BCUT2D eigenvalue weighted by Crippen LogP contribution is -2.16. The molecule has 0 spiro atoms. The quantitative estimate of drug-likeness (QED) is 0.675. The van der Waals surface area contributed by atoms with Crippen LogP contribution in [-0.4, -0.2) is 12.1 Å². The zero-order valence-electron chi connectivity index (χ0n) is 11.2. The van der Waals surface area contributed by atoms with Crippen molar-refractivity contribution in [1.29, 1.82) is 5.26 Å². The third kappa shape index (κ3) is 4.80. The fourth-order valence-electron chi connectivity index (χ4n) is 1.54. The van der Waals surface area contributed by atoms with Gasteiger partial charge in [-0.2, -0.15) is 10.4 Å². The molecule has 0 bridgehead atoms. The van der Waals surface area contributed by atoms with Gasteiger partial charge in [0.25, 0.3) is 5.91 Å². The Morgan fingerprint density at radius 3 is 2.48 bits per heavy atom. The molecule has 0 aliphatic carbocycles. The molecule has 21 heavy (non-hydrogen) atoms. The molecule has 0 radical (unpaired) electrons. The number of nitrogens with one attached hydrogen (secondary N) is 1. The van der Waals surface area contributed by atoms with E-state index in [1.165, 1.54) is 6.21 Å². The van der Waals surface area contributed by atoms with E-state index in [1.54, 1.807) is 6.07 Å². The number of carbonyl (C=O) groups is 1. The molecule has 0 aliphatic rings. The van der Waals surface area contributed by atoms with Crippen molar-refractivity contribution in [2.24, 2.45) is 5.10 Å². The highest BCUT2D eigenvalue weighted by molar-refractivity contribution is 5.83. The van der Waals surface area contributed by atoms with Crippen LogP contribution >= 0.6 is 0 Å². The average Bonchev–Trinajstić information content (AvgIpc) is 2.50. The lowest BCUT2D eigenvalue weighted by Gasteiger charge is -2.05. The predicted molar refractivity (Wildman–Crippen MR) is 78.9 cm³/mol. The van der Waals surface area contributed by atoms with Gasteiger partial charge in [0.05, 0.1) is 12.3 Å². The number of hydrogen-bond acceptors (Lipinski definition) is 4. The highest BCUT2D eigenvalue weighted by Crippen LogP contribution is 2.20. The van der Waals surface area contributed by atoms with Crippen LogP contribution < -0.4 is 10.2 Å². The van der Waals surface area contributed by atoms with E-state index in [0.29, 0.717) is 5.75 Å². The van der Waals surface area contributed by atoms with E-state index in [9.17, 15) is 4.79 Å². The van der Waals surface area contributed by atoms with Gasteiger partial charge in [-0.05, 0) is 42.0 Å². The lowest BCUT2D eigenvalue weighted by molar-refractivity contribution is -0.120. The van der Waals surface area contributed by atoms with Gasteiger partial charge >= 0.3 is 0 Å². The molecule has 1 amide bonds. The number of amides is 1. The summed E-state index contributed by atoms with van der Waals surface area (Å²) in [6, 6.07) is 18.5. The first-order chi connectivity index (χ1) is 10.3. The van der Waals surface area contributed by atoms with Crippen LogP contribution in [0.2, 0.25) is 0 Å². The number of hydrazone groups is 1. The molecule has 5 nitrogen and oxygen atoms in total. The van der Waals surface area contributed by atoms with Gasteiger partial charge in [0.15, 0.2) is 0 Å². The minimum absolute atomic E-state index is 0.207. The lowest BCUT2D eigenvalue weighted by atomic mass is 10.2. The minimum Gasteiger partial charge on any atom is -0.457 e. The van der Waals surface area contributed by atoms with Gasteiger partial charge in [0.1, 0.15) is 17.9 Å². The van der Waals surface area contributed by atoms with E-state index in [1.807, 2.05) is 54.6 Å². The zero-order chi connectivity index (χ0) is 14.9. The van der Waals surface area contributed by atoms with Crippen molar-refractivity contribution in [3.05, 3.63) is 60.2 Å². The minimum atomic E-state index is -0.433. The Morgan fingerprint density at radius 1 is 1.14 bits per heavy atom. The molecule has 0 aliphatic heterocycles. The molecular formula is C16H13N3O2. The molecular weight excluding hydrogens is 266 g/mol. The van der Waals surface area contributed by atoms with Crippen molar-refractivity contribution < 1.29 is 9.53 Å². The van der Waals surface area contributed by atoms with Crippen LogP contribution in [0.3, 0.4) is 0 Å². The Labute approximate surface area is 122 Å². The number of nitriles is 1. The average molecular weight is 279 g/mol. The smallest absolute Gasteiger partial charge is 0.254 e. The second-order valence-electron chi connectivity index (χ2n) is 4.11. The second kappa shape index (κ2) is 7.46. The molecule has 2 aromatic carbocycles. The number of para-hydroxylation sites is 1. The summed E-state index contributed by atoms with van der Waals surface area (Å²) in [4.78, 5) is 11.0. The molecule has 0 saturated heterocycles. The van der Waals surface area contributed by atoms with Gasteiger partial charge in [-0.3, -0.25) is 4.79 Å². The molecule has 104 valence electrons. The summed E-state index contributed by atoms with van der Waals surface area (Å²) >= 11 is 0. The van der Waals surface area contributed by atoms with E-state index < -0.39 is 5.91 Å². The molecule has 0 heterocycles. The fourth-order valence-corrected chi connectivity index (χ4v) is 1.54. The summed E-state index contributed by atoms with van der Waals surface area (Å²) in [5, 5.41) is 12.1. The normalized spacial score (nSPS) is 10.0. The number of benzene rings is 2. The number of ether oxygens (including phenoxy) is 1. The summed E-state index contributed by atoms with van der Waals surface area (Å²) in [6.07, 6.45) is 1.29.